The van der Waals surface area contributed by atoms with Crippen LogP contribution in [0.1, 0.15) is 11.5 Å². The van der Waals surface area contributed by atoms with Crippen LogP contribution in [0.25, 0.3) is 0 Å². The molecule has 1 heterocycles. The first-order valence-electron chi connectivity index (χ1n) is 4.87. The van der Waals surface area contributed by atoms with Gasteiger partial charge < -0.3 is 10.4 Å². The molecular formula is C11H13ClFNO2. The molecule has 1 saturated heterocycles. The van der Waals surface area contributed by atoms with Gasteiger partial charge in [-0.3, -0.25) is 4.79 Å². The van der Waals surface area contributed by atoms with Crippen LogP contribution in [0.5, 0.6) is 0 Å². The highest BCUT2D eigenvalue weighted by atomic mass is 35.5. The quantitative estimate of drug-likeness (QED) is 0.833. The zero-order chi connectivity index (χ0) is 10.8. The maximum atomic E-state index is 13.0. The van der Waals surface area contributed by atoms with Gasteiger partial charge in [-0.1, -0.05) is 12.1 Å². The van der Waals surface area contributed by atoms with Crippen LogP contribution in [-0.4, -0.2) is 24.2 Å². The minimum atomic E-state index is -0.825. The lowest BCUT2D eigenvalue weighted by molar-refractivity contribution is -0.141. The van der Waals surface area contributed by atoms with Gasteiger partial charge in [0.05, 0.1) is 5.92 Å². The Kier molecular flexibility index (Phi) is 4.26. The maximum Gasteiger partial charge on any atom is 0.308 e. The lowest BCUT2D eigenvalue weighted by atomic mass is 9.89. The fourth-order valence-electron chi connectivity index (χ4n) is 2.03. The van der Waals surface area contributed by atoms with E-state index < -0.39 is 11.9 Å². The monoisotopic (exact) mass is 245 g/mol. The van der Waals surface area contributed by atoms with Gasteiger partial charge in [-0.15, -0.1) is 12.4 Å². The normalized spacial score (nSPS) is 23.8. The van der Waals surface area contributed by atoms with Gasteiger partial charge in [0, 0.05) is 19.0 Å². The van der Waals surface area contributed by atoms with Crippen LogP contribution in [0, 0.1) is 11.7 Å². The van der Waals surface area contributed by atoms with Crippen molar-refractivity contribution in [3.05, 3.63) is 35.6 Å². The van der Waals surface area contributed by atoms with Crippen molar-refractivity contribution in [3.8, 4) is 0 Å². The number of rotatable bonds is 2. The summed E-state index contributed by atoms with van der Waals surface area (Å²) in [5.41, 5.74) is 0.757. The second kappa shape index (κ2) is 5.27. The van der Waals surface area contributed by atoms with Gasteiger partial charge in [0.2, 0.25) is 0 Å². The van der Waals surface area contributed by atoms with E-state index in [1.54, 1.807) is 12.1 Å². The molecule has 2 N–H and O–H groups in total. The summed E-state index contributed by atoms with van der Waals surface area (Å²) in [5.74, 6) is -1.72. The molecule has 1 aromatic carbocycles. The van der Waals surface area contributed by atoms with Crippen molar-refractivity contribution in [2.75, 3.05) is 13.1 Å². The molecule has 0 bridgehead atoms. The Labute approximate surface area is 99.1 Å². The van der Waals surface area contributed by atoms with E-state index in [0.717, 1.165) is 5.56 Å². The van der Waals surface area contributed by atoms with Crippen molar-refractivity contribution in [2.45, 2.75) is 5.92 Å². The molecule has 2 atom stereocenters. The summed E-state index contributed by atoms with van der Waals surface area (Å²) in [4.78, 5) is 10.9. The highest BCUT2D eigenvalue weighted by Gasteiger charge is 2.33. The van der Waals surface area contributed by atoms with Crippen LogP contribution in [0.4, 0.5) is 4.39 Å². The molecule has 3 nitrogen and oxygen atoms in total. The summed E-state index contributed by atoms with van der Waals surface area (Å²) in [5, 5.41) is 12.0. The Balaban J connectivity index is 0.00000128. The summed E-state index contributed by atoms with van der Waals surface area (Å²) in [6.45, 7) is 1.05. The van der Waals surface area contributed by atoms with E-state index in [1.165, 1.54) is 12.1 Å². The molecule has 0 amide bonds. The summed E-state index contributed by atoms with van der Waals surface area (Å²) < 4.78 is 13.0. The molecule has 88 valence electrons. The molecule has 0 radical (unpaired) electrons. The fourth-order valence-corrected chi connectivity index (χ4v) is 2.03. The van der Waals surface area contributed by atoms with Crippen LogP contribution in [0.3, 0.4) is 0 Å². The zero-order valence-corrected chi connectivity index (χ0v) is 9.34. The van der Waals surface area contributed by atoms with Crippen molar-refractivity contribution in [2.24, 2.45) is 5.92 Å². The molecule has 0 unspecified atom stereocenters. The third-order valence-electron chi connectivity index (χ3n) is 2.81. The number of nitrogens with one attached hydrogen (secondary N) is 1. The van der Waals surface area contributed by atoms with Gasteiger partial charge in [-0.2, -0.15) is 0 Å². The molecule has 1 aliphatic heterocycles. The van der Waals surface area contributed by atoms with E-state index >= 15 is 0 Å². The van der Waals surface area contributed by atoms with Gasteiger partial charge in [0.15, 0.2) is 0 Å². The van der Waals surface area contributed by atoms with Gasteiger partial charge in [0.1, 0.15) is 5.82 Å². The number of benzene rings is 1. The topological polar surface area (TPSA) is 49.3 Å². The number of aliphatic carboxylic acids is 1. The average molecular weight is 246 g/mol. The minimum absolute atomic E-state index is 0. The van der Waals surface area contributed by atoms with E-state index in [2.05, 4.69) is 5.32 Å². The standard InChI is InChI=1S/C11H12FNO2.ClH/c12-8-3-1-2-7(4-8)9-5-13-6-10(9)11(14)15;/h1-4,9-10,13H,5-6H2,(H,14,15);1H/t9-,10+;/m0./s1. The number of halogens is 2. The molecular weight excluding hydrogens is 233 g/mol. The van der Waals surface area contributed by atoms with Crippen molar-refractivity contribution in [1.29, 1.82) is 0 Å². The van der Waals surface area contributed by atoms with E-state index in [4.69, 9.17) is 5.11 Å². The lowest BCUT2D eigenvalue weighted by Crippen LogP contribution is -2.21. The zero-order valence-electron chi connectivity index (χ0n) is 8.52. The first-order valence-corrected chi connectivity index (χ1v) is 4.87. The number of carboxylic acid groups (broad SMARTS) is 1. The Morgan fingerprint density at radius 2 is 2.19 bits per heavy atom. The number of carbonyl (C=O) groups is 1. The second-order valence-corrected chi connectivity index (χ2v) is 3.76. The summed E-state index contributed by atoms with van der Waals surface area (Å²) >= 11 is 0. The molecule has 1 fully saturated rings. The Bertz CT molecular complexity index is 386. The van der Waals surface area contributed by atoms with Gasteiger partial charge >= 0.3 is 5.97 Å². The van der Waals surface area contributed by atoms with Crippen LogP contribution < -0.4 is 5.32 Å². The lowest BCUT2D eigenvalue weighted by Gasteiger charge is -2.14. The Morgan fingerprint density at radius 3 is 2.81 bits per heavy atom. The smallest absolute Gasteiger partial charge is 0.308 e. The molecule has 0 aromatic heterocycles. The third kappa shape index (κ3) is 2.51. The van der Waals surface area contributed by atoms with E-state index in [1.807, 2.05) is 0 Å². The molecule has 5 heteroatoms. The number of hydrogen-bond acceptors (Lipinski definition) is 2. The van der Waals surface area contributed by atoms with Gasteiger partial charge in [0.25, 0.3) is 0 Å². The summed E-state index contributed by atoms with van der Waals surface area (Å²) in [6, 6.07) is 6.16. The molecule has 1 aliphatic rings. The summed E-state index contributed by atoms with van der Waals surface area (Å²) in [7, 11) is 0. The van der Waals surface area contributed by atoms with E-state index in [9.17, 15) is 9.18 Å². The molecule has 2 rings (SSSR count). The molecule has 0 aliphatic carbocycles. The SMILES string of the molecule is Cl.O=C(O)[C@@H]1CNC[C@H]1c1cccc(F)c1. The van der Waals surface area contributed by atoms with Crippen molar-refractivity contribution >= 4 is 18.4 Å². The van der Waals surface area contributed by atoms with Crippen molar-refractivity contribution in [3.63, 3.8) is 0 Å². The van der Waals surface area contributed by atoms with Crippen LogP contribution in [0.2, 0.25) is 0 Å². The highest BCUT2D eigenvalue weighted by molar-refractivity contribution is 5.85. The first-order chi connectivity index (χ1) is 7.18. The summed E-state index contributed by atoms with van der Waals surface area (Å²) in [6.07, 6.45) is 0. The Hall–Kier alpha value is -1.13. The largest absolute Gasteiger partial charge is 0.481 e. The molecule has 0 saturated carbocycles. The van der Waals surface area contributed by atoms with Gasteiger partial charge in [-0.25, -0.2) is 4.39 Å². The Morgan fingerprint density at radius 1 is 1.44 bits per heavy atom. The van der Waals surface area contributed by atoms with Crippen LogP contribution in [-0.2, 0) is 4.79 Å². The number of carboxylic acids is 1. The van der Waals surface area contributed by atoms with Crippen LogP contribution in [0.15, 0.2) is 24.3 Å². The molecule has 1 aromatic rings. The van der Waals surface area contributed by atoms with E-state index in [-0.39, 0.29) is 24.1 Å². The van der Waals surface area contributed by atoms with Crippen LogP contribution >= 0.6 is 12.4 Å². The third-order valence-corrected chi connectivity index (χ3v) is 2.81. The minimum Gasteiger partial charge on any atom is -0.481 e. The average Bonchev–Trinajstić information content (AvgIpc) is 2.65. The fraction of sp³-hybridized carbons (Fsp3) is 0.364. The first kappa shape index (κ1) is 12.9. The van der Waals surface area contributed by atoms with Gasteiger partial charge in [-0.05, 0) is 17.7 Å². The predicted molar refractivity (Wildman–Crippen MR) is 60.4 cm³/mol. The predicted octanol–water partition coefficient (Wildman–Crippen LogP) is 1.64. The van der Waals surface area contributed by atoms with Crippen molar-refractivity contribution in [1.82, 2.24) is 5.32 Å². The van der Waals surface area contributed by atoms with Crippen molar-refractivity contribution < 1.29 is 14.3 Å². The number of hydrogen-bond donors (Lipinski definition) is 2. The second-order valence-electron chi connectivity index (χ2n) is 3.76. The molecule has 16 heavy (non-hydrogen) atoms. The molecule has 0 spiro atoms. The maximum absolute atomic E-state index is 13.0. The van der Waals surface area contributed by atoms with E-state index in [0.29, 0.717) is 13.1 Å². The highest BCUT2D eigenvalue weighted by Crippen LogP contribution is 2.28.